The van der Waals surface area contributed by atoms with Crippen molar-refractivity contribution in [2.75, 3.05) is 23.8 Å². The van der Waals surface area contributed by atoms with E-state index in [1.807, 2.05) is 13.8 Å². The van der Waals surface area contributed by atoms with Crippen molar-refractivity contribution < 1.29 is 41.9 Å². The number of halogens is 1. The molecule has 30 heavy (non-hydrogen) atoms. The minimum atomic E-state index is -1.40. The predicted molar refractivity (Wildman–Crippen MR) is 127 cm³/mol. The first-order valence-corrected chi connectivity index (χ1v) is 14.1. The van der Waals surface area contributed by atoms with Crippen LogP contribution in [0, 0.1) is 19.7 Å². The van der Waals surface area contributed by atoms with E-state index < -0.39 is 7.26 Å². The van der Waals surface area contributed by atoms with Crippen LogP contribution in [0.1, 0.15) is 89.7 Å². The fraction of sp³-hybridized carbons (Fsp3) is 0.720. The van der Waals surface area contributed by atoms with Gasteiger partial charge in [0.15, 0.2) is 5.16 Å². The molecule has 1 saturated carbocycles. The fourth-order valence-corrected chi connectivity index (χ4v) is 11.6. The number of rotatable bonds is 12. The summed E-state index contributed by atoms with van der Waals surface area (Å²) in [6, 6.07) is 3.06. The average molecular weight is 511 g/mol. The fourth-order valence-electron chi connectivity index (χ4n) is 5.13. The van der Waals surface area contributed by atoms with Crippen LogP contribution in [0.4, 0.5) is 10.1 Å². The molecule has 2 rings (SSSR count). The van der Waals surface area contributed by atoms with Crippen molar-refractivity contribution >= 4 is 18.9 Å². The predicted octanol–water partition coefficient (Wildman–Crippen LogP) is 7.72. The largest absolute Gasteiger partial charge is 0.322 e. The van der Waals surface area contributed by atoms with Gasteiger partial charge < -0.3 is 5.32 Å². The number of nitrogens with one attached hydrogen (secondary N) is 1. The van der Waals surface area contributed by atoms with E-state index in [-0.39, 0.29) is 49.6 Å². The van der Waals surface area contributed by atoms with Crippen molar-refractivity contribution in [1.82, 2.24) is 0 Å². The molecule has 1 aliphatic carbocycles. The van der Waals surface area contributed by atoms with Crippen LogP contribution in [0.2, 0.25) is 0 Å². The molecule has 1 N–H and O–H groups in total. The zero-order valence-electron chi connectivity index (χ0n) is 20.0. The van der Waals surface area contributed by atoms with Crippen LogP contribution in [0.3, 0.4) is 0 Å². The zero-order valence-corrected chi connectivity index (χ0v) is 23.7. The SMILES string of the molecule is CCCC[P+](CCCC)(CCCC)C1(C(=O)Nc2c(C)cc(F)cc2C)CCC1.[Y]. The molecule has 0 spiro atoms. The maximum atomic E-state index is 13.9. The maximum Gasteiger partial charge on any atom is 0.268 e. The molecular weight excluding hydrogens is 469 g/mol. The Kier molecular flexibility index (Phi) is 12.2. The molecule has 0 bridgehead atoms. The van der Waals surface area contributed by atoms with Crippen molar-refractivity contribution in [2.45, 2.75) is 97.6 Å². The number of hydrogen-bond acceptors (Lipinski definition) is 1. The molecule has 1 amide bonds. The third-order valence-electron chi connectivity index (χ3n) is 7.07. The zero-order chi connectivity index (χ0) is 21.5. The van der Waals surface area contributed by atoms with Gasteiger partial charge in [0.25, 0.3) is 5.91 Å². The van der Waals surface area contributed by atoms with Gasteiger partial charge in [-0.05, 0) is 75.6 Å². The van der Waals surface area contributed by atoms with Crippen LogP contribution in [0.5, 0.6) is 0 Å². The number of hydrogen-bond donors (Lipinski definition) is 1. The second kappa shape index (κ2) is 13.0. The maximum absolute atomic E-state index is 13.9. The molecule has 0 saturated heterocycles. The normalized spacial score (nSPS) is 15.3. The molecule has 0 unspecified atom stereocenters. The third-order valence-corrected chi connectivity index (χ3v) is 13.0. The first kappa shape index (κ1) is 28.2. The van der Waals surface area contributed by atoms with Crippen LogP contribution in [-0.2, 0) is 37.5 Å². The summed E-state index contributed by atoms with van der Waals surface area (Å²) in [5.41, 5.74) is 2.47. The molecule has 1 fully saturated rings. The van der Waals surface area contributed by atoms with Gasteiger partial charge >= 0.3 is 0 Å². The van der Waals surface area contributed by atoms with Crippen molar-refractivity contribution in [3.05, 3.63) is 29.1 Å². The van der Waals surface area contributed by atoms with Gasteiger partial charge in [-0.2, -0.15) is 0 Å². The Morgan fingerprint density at radius 1 is 0.967 bits per heavy atom. The number of benzene rings is 1. The summed E-state index contributed by atoms with van der Waals surface area (Å²) in [7, 11) is -1.40. The first-order valence-electron chi connectivity index (χ1n) is 11.8. The van der Waals surface area contributed by atoms with Crippen LogP contribution in [0.25, 0.3) is 0 Å². The van der Waals surface area contributed by atoms with E-state index in [4.69, 9.17) is 0 Å². The van der Waals surface area contributed by atoms with Crippen molar-refractivity contribution in [1.29, 1.82) is 0 Å². The average Bonchev–Trinajstić information content (AvgIpc) is 2.64. The molecule has 167 valence electrons. The monoisotopic (exact) mass is 511 g/mol. The minimum Gasteiger partial charge on any atom is -0.322 e. The van der Waals surface area contributed by atoms with Crippen molar-refractivity contribution in [3.63, 3.8) is 0 Å². The van der Waals surface area contributed by atoms with Crippen molar-refractivity contribution in [3.8, 4) is 0 Å². The van der Waals surface area contributed by atoms with E-state index in [2.05, 4.69) is 26.1 Å². The second-order valence-electron chi connectivity index (χ2n) is 9.13. The summed E-state index contributed by atoms with van der Waals surface area (Å²) in [6.07, 6.45) is 14.4. The number of amides is 1. The summed E-state index contributed by atoms with van der Waals surface area (Å²) in [4.78, 5) is 13.9. The topological polar surface area (TPSA) is 29.1 Å². The molecular formula is C25H42FNOPY+. The number of aryl methyl sites for hydroxylation is 2. The molecule has 0 aliphatic heterocycles. The molecule has 5 heteroatoms. The van der Waals surface area contributed by atoms with Gasteiger partial charge in [-0.25, -0.2) is 4.39 Å². The summed E-state index contributed by atoms with van der Waals surface area (Å²) in [5, 5.41) is 3.15. The minimum absolute atomic E-state index is 0. The summed E-state index contributed by atoms with van der Waals surface area (Å²) >= 11 is 0. The molecule has 2 nitrogen and oxygen atoms in total. The van der Waals surface area contributed by atoms with E-state index in [0.29, 0.717) is 0 Å². The van der Waals surface area contributed by atoms with E-state index >= 15 is 0 Å². The van der Waals surface area contributed by atoms with Crippen LogP contribution < -0.4 is 5.32 Å². The Hall–Kier alpha value is 0.154. The van der Waals surface area contributed by atoms with Gasteiger partial charge in [0, 0.05) is 45.7 Å². The van der Waals surface area contributed by atoms with E-state index in [1.54, 1.807) is 0 Å². The van der Waals surface area contributed by atoms with E-state index in [0.717, 1.165) is 29.7 Å². The Bertz CT molecular complexity index is 645. The number of carbonyl (C=O) groups excluding carboxylic acids is 1. The van der Waals surface area contributed by atoms with Gasteiger partial charge in [0.1, 0.15) is 5.82 Å². The Morgan fingerprint density at radius 3 is 1.73 bits per heavy atom. The van der Waals surface area contributed by atoms with Crippen LogP contribution in [0.15, 0.2) is 12.1 Å². The van der Waals surface area contributed by atoms with Gasteiger partial charge in [0.2, 0.25) is 0 Å². The van der Waals surface area contributed by atoms with Gasteiger partial charge in [-0.1, -0.05) is 40.0 Å². The van der Waals surface area contributed by atoms with Gasteiger partial charge in [0.05, 0.1) is 18.5 Å². The first-order chi connectivity index (χ1) is 13.9. The summed E-state index contributed by atoms with van der Waals surface area (Å²) in [6.45, 7) is 10.6. The van der Waals surface area contributed by atoms with Crippen LogP contribution in [-0.4, -0.2) is 29.5 Å². The van der Waals surface area contributed by atoms with E-state index in [1.165, 1.54) is 75.6 Å². The summed E-state index contributed by atoms with van der Waals surface area (Å²) in [5.74, 6) is 0.00485. The Labute approximate surface area is 210 Å². The molecule has 0 atom stereocenters. The van der Waals surface area contributed by atoms with Crippen LogP contribution >= 0.6 is 7.26 Å². The molecule has 0 aromatic heterocycles. The second-order valence-corrected chi connectivity index (χ2v) is 13.6. The summed E-state index contributed by atoms with van der Waals surface area (Å²) < 4.78 is 13.8. The number of unbranched alkanes of at least 4 members (excludes halogenated alkanes) is 3. The standard InChI is InChI=1S/C25H41FNOP.Y/c1-6-9-15-29(16-10-7-2,17-11-8-3)25(13-12-14-25)24(28)27-23-20(4)18-22(26)19-21(23)5;/h18-19H,6-17H2,1-5H3;/p+1. The number of carbonyl (C=O) groups is 1. The Morgan fingerprint density at radius 2 is 1.40 bits per heavy atom. The smallest absolute Gasteiger partial charge is 0.268 e. The van der Waals surface area contributed by atoms with Gasteiger partial charge in [-0.15, -0.1) is 0 Å². The molecule has 1 aliphatic rings. The van der Waals surface area contributed by atoms with E-state index in [9.17, 15) is 9.18 Å². The Balaban J connectivity index is 0.00000450. The number of anilines is 1. The molecule has 0 heterocycles. The molecule has 1 aromatic rings. The van der Waals surface area contributed by atoms with Gasteiger partial charge in [-0.3, -0.25) is 4.79 Å². The molecule has 1 radical (unpaired) electrons. The third kappa shape index (κ3) is 6.14. The quantitative estimate of drug-likeness (QED) is 0.286. The van der Waals surface area contributed by atoms with Crippen molar-refractivity contribution in [2.24, 2.45) is 0 Å². The molecule has 1 aromatic carbocycles.